The second kappa shape index (κ2) is 3.90. The molecule has 10 heavy (non-hydrogen) atoms. The lowest BCUT2D eigenvalue weighted by Gasteiger charge is -1.91. The fourth-order valence-electron chi connectivity index (χ4n) is 0.416. The first-order valence-corrected chi connectivity index (χ1v) is 2.89. The van der Waals surface area contributed by atoms with E-state index in [0.29, 0.717) is 0 Å². The van der Waals surface area contributed by atoms with E-state index in [9.17, 15) is 10.1 Å². The van der Waals surface area contributed by atoms with Crippen molar-refractivity contribution in [2.75, 3.05) is 0 Å². The average Bonchev–Trinajstić information content (AvgIpc) is 1.88. The van der Waals surface area contributed by atoms with Gasteiger partial charge in [0.25, 0.3) is 5.70 Å². The lowest BCUT2D eigenvalue weighted by Crippen LogP contribution is -1.99. The van der Waals surface area contributed by atoms with Crippen molar-refractivity contribution in [2.45, 2.75) is 6.92 Å². The molecule has 0 amide bonds. The maximum Gasteiger partial charge on any atom is 0.285 e. The molecule has 0 saturated carbocycles. The van der Waals surface area contributed by atoms with Crippen LogP contribution in [0.15, 0.2) is 23.0 Å². The van der Waals surface area contributed by atoms with Crippen molar-refractivity contribution in [3.8, 4) is 0 Å². The molecule has 2 N–H and O–H groups in total. The van der Waals surface area contributed by atoms with Crippen LogP contribution in [0.1, 0.15) is 6.92 Å². The lowest BCUT2D eigenvalue weighted by molar-refractivity contribution is -0.420. The summed E-state index contributed by atoms with van der Waals surface area (Å²) in [5.41, 5.74) is 4.77. The molecule has 0 aliphatic rings. The van der Waals surface area contributed by atoms with Gasteiger partial charge in [0.1, 0.15) is 5.03 Å². The van der Waals surface area contributed by atoms with Gasteiger partial charge < -0.3 is 5.73 Å². The van der Waals surface area contributed by atoms with Crippen LogP contribution in [0, 0.1) is 10.1 Å². The van der Waals surface area contributed by atoms with Gasteiger partial charge in [0.05, 0.1) is 4.92 Å². The van der Waals surface area contributed by atoms with Gasteiger partial charge in [0.2, 0.25) is 0 Å². The molecular formula is C5H7ClN2O2. The predicted octanol–water partition coefficient (Wildman–Crippen LogP) is 1.21. The molecule has 0 aliphatic heterocycles. The van der Waals surface area contributed by atoms with Crippen LogP contribution in [0.4, 0.5) is 0 Å². The Hall–Kier alpha value is -1.03. The number of nitro groups is 1. The minimum absolute atomic E-state index is 0.0486. The van der Waals surface area contributed by atoms with Crippen LogP contribution in [-0.4, -0.2) is 4.92 Å². The highest BCUT2D eigenvalue weighted by Gasteiger charge is 2.11. The van der Waals surface area contributed by atoms with Crippen LogP contribution in [0.2, 0.25) is 0 Å². The Bertz CT molecular complexity index is 198. The maximum atomic E-state index is 10.1. The zero-order valence-corrected chi connectivity index (χ0v) is 6.13. The summed E-state index contributed by atoms with van der Waals surface area (Å²) in [6.07, 6.45) is 2.27. The third kappa shape index (κ3) is 2.06. The minimum atomic E-state index is -0.592. The van der Waals surface area contributed by atoms with Gasteiger partial charge in [-0.2, -0.15) is 0 Å². The standard InChI is InChI=1S/C5H7ClN2O2/c1-2-5(8(9)10)4(6)3-7/h2-3H,7H2,1H3/b4-3+,5-2+. The van der Waals surface area contributed by atoms with E-state index in [1.807, 2.05) is 0 Å². The third-order valence-electron chi connectivity index (χ3n) is 0.861. The first-order chi connectivity index (χ1) is 4.63. The fourth-order valence-corrected chi connectivity index (χ4v) is 0.594. The van der Waals surface area contributed by atoms with Gasteiger partial charge in [-0.15, -0.1) is 0 Å². The van der Waals surface area contributed by atoms with Gasteiger partial charge in [-0.3, -0.25) is 10.1 Å². The molecule has 0 saturated heterocycles. The number of nitrogens with zero attached hydrogens (tertiary/aromatic N) is 1. The molecule has 0 bridgehead atoms. The molecular weight excluding hydrogens is 156 g/mol. The average molecular weight is 163 g/mol. The van der Waals surface area contributed by atoms with Gasteiger partial charge in [0.15, 0.2) is 0 Å². The van der Waals surface area contributed by atoms with Gasteiger partial charge >= 0.3 is 0 Å². The van der Waals surface area contributed by atoms with Crippen molar-refractivity contribution in [1.29, 1.82) is 0 Å². The molecule has 0 rings (SSSR count). The van der Waals surface area contributed by atoms with Gasteiger partial charge in [-0.25, -0.2) is 0 Å². The predicted molar refractivity (Wildman–Crippen MR) is 38.9 cm³/mol. The first kappa shape index (κ1) is 8.97. The van der Waals surface area contributed by atoms with Crippen molar-refractivity contribution in [1.82, 2.24) is 0 Å². The molecule has 0 aromatic rings. The van der Waals surface area contributed by atoms with Crippen molar-refractivity contribution in [3.05, 3.63) is 33.1 Å². The summed E-state index contributed by atoms with van der Waals surface area (Å²) in [6.45, 7) is 1.52. The highest BCUT2D eigenvalue weighted by Crippen LogP contribution is 2.12. The molecule has 0 atom stereocenters. The largest absolute Gasteiger partial charge is 0.403 e. The molecule has 4 nitrogen and oxygen atoms in total. The Balaban J connectivity index is 4.56. The van der Waals surface area contributed by atoms with E-state index in [2.05, 4.69) is 0 Å². The van der Waals surface area contributed by atoms with E-state index in [1.54, 1.807) is 0 Å². The van der Waals surface area contributed by atoms with Crippen LogP contribution in [-0.2, 0) is 0 Å². The lowest BCUT2D eigenvalue weighted by atomic mass is 10.4. The smallest absolute Gasteiger partial charge is 0.285 e. The SMILES string of the molecule is C/C=C(\C(Cl)=C/N)[N+](=O)[O-]. The number of hydrogen-bond acceptors (Lipinski definition) is 3. The second-order valence-corrected chi connectivity index (χ2v) is 1.85. The Labute approximate surface area is 63.1 Å². The molecule has 0 aliphatic carbocycles. The van der Waals surface area contributed by atoms with E-state index < -0.39 is 4.92 Å². The molecule has 0 spiro atoms. The molecule has 0 heterocycles. The number of nitrogens with two attached hydrogens (primary N) is 1. The molecule has 0 fully saturated rings. The summed E-state index contributed by atoms with van der Waals surface area (Å²) >= 11 is 5.35. The summed E-state index contributed by atoms with van der Waals surface area (Å²) in [6, 6.07) is 0. The van der Waals surface area contributed by atoms with Crippen LogP contribution >= 0.6 is 11.6 Å². The van der Waals surface area contributed by atoms with E-state index in [1.165, 1.54) is 13.0 Å². The van der Waals surface area contributed by atoms with Crippen LogP contribution in [0.3, 0.4) is 0 Å². The van der Waals surface area contributed by atoms with E-state index in [-0.39, 0.29) is 10.7 Å². The Kier molecular flexibility index (Phi) is 3.49. The van der Waals surface area contributed by atoms with E-state index >= 15 is 0 Å². The van der Waals surface area contributed by atoms with E-state index in [4.69, 9.17) is 17.3 Å². The van der Waals surface area contributed by atoms with Crippen molar-refractivity contribution in [2.24, 2.45) is 5.73 Å². The summed E-state index contributed by atoms with van der Waals surface area (Å²) in [5.74, 6) is 0. The number of allylic oxidation sites excluding steroid dienone is 2. The topological polar surface area (TPSA) is 69.2 Å². The summed E-state index contributed by atoms with van der Waals surface area (Å²) < 4.78 is 0. The summed E-state index contributed by atoms with van der Waals surface area (Å²) in [4.78, 5) is 9.50. The number of rotatable bonds is 2. The third-order valence-corrected chi connectivity index (χ3v) is 1.18. The van der Waals surface area contributed by atoms with Crippen molar-refractivity contribution < 1.29 is 4.92 Å². The fraction of sp³-hybridized carbons (Fsp3) is 0.200. The van der Waals surface area contributed by atoms with Gasteiger partial charge in [-0.05, 0) is 13.0 Å². The first-order valence-electron chi connectivity index (χ1n) is 2.52. The van der Waals surface area contributed by atoms with E-state index in [0.717, 1.165) is 6.20 Å². The van der Waals surface area contributed by atoms with Crippen molar-refractivity contribution >= 4 is 11.6 Å². The number of halogens is 1. The highest BCUT2D eigenvalue weighted by atomic mass is 35.5. The second-order valence-electron chi connectivity index (χ2n) is 1.45. The van der Waals surface area contributed by atoms with Crippen LogP contribution < -0.4 is 5.73 Å². The molecule has 0 unspecified atom stereocenters. The Morgan fingerprint density at radius 1 is 1.80 bits per heavy atom. The maximum absolute atomic E-state index is 10.1. The van der Waals surface area contributed by atoms with Crippen molar-refractivity contribution in [3.63, 3.8) is 0 Å². The Morgan fingerprint density at radius 2 is 2.30 bits per heavy atom. The molecule has 0 radical (unpaired) electrons. The monoisotopic (exact) mass is 162 g/mol. The van der Waals surface area contributed by atoms with Gasteiger partial charge in [0, 0.05) is 6.20 Å². The quantitative estimate of drug-likeness (QED) is 0.377. The minimum Gasteiger partial charge on any atom is -0.403 e. The van der Waals surface area contributed by atoms with Crippen LogP contribution in [0.25, 0.3) is 0 Å². The molecule has 56 valence electrons. The zero-order chi connectivity index (χ0) is 8.15. The zero-order valence-electron chi connectivity index (χ0n) is 5.37. The summed E-state index contributed by atoms with van der Waals surface area (Å²) in [7, 11) is 0. The molecule has 5 heteroatoms. The normalized spacial score (nSPS) is 13.4. The molecule has 0 aromatic heterocycles. The Morgan fingerprint density at radius 3 is 2.40 bits per heavy atom. The number of hydrogen-bond donors (Lipinski definition) is 1. The van der Waals surface area contributed by atoms with Crippen LogP contribution in [0.5, 0.6) is 0 Å². The molecule has 0 aromatic carbocycles. The van der Waals surface area contributed by atoms with Gasteiger partial charge in [-0.1, -0.05) is 11.6 Å². The summed E-state index contributed by atoms with van der Waals surface area (Å²) in [5, 5.41) is 10.0. The highest BCUT2D eigenvalue weighted by molar-refractivity contribution is 6.31.